The fourth-order valence-electron chi connectivity index (χ4n) is 10.7. The van der Waals surface area contributed by atoms with E-state index in [9.17, 15) is 28.8 Å². The Bertz CT molecular complexity index is 1790. The highest BCUT2D eigenvalue weighted by Crippen LogP contribution is 2.49. The molecular weight excluding hydrogens is 987 g/mol. The fraction of sp³-hybridized carbons (Fsp3) is 0.811. The van der Waals surface area contributed by atoms with Crippen molar-refractivity contribution in [1.29, 1.82) is 0 Å². The smallest absolute Gasteiger partial charge is 0.407 e. The van der Waals surface area contributed by atoms with Crippen molar-refractivity contribution >= 4 is 61.0 Å². The first-order valence-electron chi connectivity index (χ1n) is 25.3. The van der Waals surface area contributed by atoms with Gasteiger partial charge in [-0.05, 0) is 132 Å². The van der Waals surface area contributed by atoms with Crippen LogP contribution in [0.15, 0.2) is 24.3 Å². The Kier molecular flexibility index (Phi) is 31.6. The second-order valence-corrected chi connectivity index (χ2v) is 36.2. The van der Waals surface area contributed by atoms with Crippen molar-refractivity contribution in [3.8, 4) is 0 Å². The first-order chi connectivity index (χ1) is 32.5. The molecule has 0 aliphatic heterocycles. The summed E-state index contributed by atoms with van der Waals surface area (Å²) in [5.41, 5.74) is 0.436. The molecule has 0 aromatic carbocycles. The van der Waals surface area contributed by atoms with Gasteiger partial charge in [0.05, 0.1) is 13.2 Å². The molecule has 0 radical (unpaired) electrons. The minimum Gasteiger partial charge on any atom is -0.462 e. The zero-order valence-corrected chi connectivity index (χ0v) is 49.7. The van der Waals surface area contributed by atoms with Crippen molar-refractivity contribution in [3.63, 3.8) is 0 Å². The summed E-state index contributed by atoms with van der Waals surface area (Å²) in [6.07, 6.45) is 6.68. The first kappa shape index (κ1) is 71.7. The Hall–Kier alpha value is -3.41. The summed E-state index contributed by atoms with van der Waals surface area (Å²) in [7, 11) is -5.13. The SMILES string of the molecule is C.C.C=C(C)C(=O)OCCOC(=O)CCC1(C)CC(NC(C)=O)CC(C)(C)C1.C=C(C)C(=O)OCCOC(=O)NCC1(C)CC(NC(=O)C[Si](C)(C)O[Si](C)(C)O[Si](C)(C)CCCOCCOC)CC(C)(C)C1. The van der Waals surface area contributed by atoms with Crippen LogP contribution in [0.5, 0.6) is 0 Å². The number of amides is 3. The average Bonchev–Trinajstić information content (AvgIpc) is 3.17. The number of esters is 3. The minimum absolute atomic E-state index is 0. The largest absolute Gasteiger partial charge is 0.462 e. The van der Waals surface area contributed by atoms with Gasteiger partial charge in [-0.15, -0.1) is 0 Å². The van der Waals surface area contributed by atoms with E-state index < -0.39 is 43.2 Å². The van der Waals surface area contributed by atoms with Crippen molar-refractivity contribution in [1.82, 2.24) is 16.0 Å². The van der Waals surface area contributed by atoms with Crippen LogP contribution in [-0.2, 0) is 60.6 Å². The highest BCUT2D eigenvalue weighted by atomic mass is 28.5. The summed E-state index contributed by atoms with van der Waals surface area (Å²) in [5.74, 6) is -1.31. The topological polar surface area (TPSA) is 212 Å². The molecule has 0 aromatic rings. The van der Waals surface area contributed by atoms with Gasteiger partial charge in [0.25, 0.3) is 0 Å². The maximum Gasteiger partial charge on any atom is 0.407 e. The molecule has 3 amide bonds. The lowest BCUT2D eigenvalue weighted by molar-refractivity contribution is -0.150. The maximum absolute atomic E-state index is 13.3. The lowest BCUT2D eigenvalue weighted by atomic mass is 9.61. The van der Waals surface area contributed by atoms with E-state index in [0.717, 1.165) is 51.0 Å². The van der Waals surface area contributed by atoms with E-state index in [1.165, 1.54) is 6.92 Å². The van der Waals surface area contributed by atoms with Crippen molar-refractivity contribution in [2.45, 2.75) is 198 Å². The molecule has 0 aromatic heterocycles. The van der Waals surface area contributed by atoms with Crippen LogP contribution in [0.25, 0.3) is 0 Å². The summed E-state index contributed by atoms with van der Waals surface area (Å²) in [6.45, 7) is 39.9. The summed E-state index contributed by atoms with van der Waals surface area (Å²) in [5, 5.41) is 9.18. The summed E-state index contributed by atoms with van der Waals surface area (Å²) in [6, 6.07) is 1.46. The van der Waals surface area contributed by atoms with E-state index in [1.807, 2.05) is 0 Å². The Morgan fingerprint density at radius 3 is 1.60 bits per heavy atom. The Morgan fingerprint density at radius 1 is 0.603 bits per heavy atom. The minimum atomic E-state index is -2.46. The Morgan fingerprint density at radius 2 is 1.08 bits per heavy atom. The monoisotopic (exact) mass is 1090 g/mol. The zero-order chi connectivity index (χ0) is 54.5. The summed E-state index contributed by atoms with van der Waals surface area (Å²) in [4.78, 5) is 71.7. The standard InChI is InChI=1S/C31H62N2O9Si3.C20H33NO5.2CH4/c1-25(2)28(35)39-17-18-40-29(36)32-24-31(5)21-26(20-30(3,4)23-31)33-27(34)22-44(9,10)42-45(11,12)41-43(7,8)19-13-14-38-16-15-37-6;1-14(2)18(24)26-10-9-25-17(23)7-8-20(6)12-16(21-15(3)22)11-19(4,5)13-20;;/h26H,1,13-24H2,2-12H3,(H,32,36)(H,33,34);16H,1,7-13H2,2-6H3,(H,21,22);2*1H4. The van der Waals surface area contributed by atoms with Crippen LogP contribution in [0.4, 0.5) is 4.79 Å². The van der Waals surface area contributed by atoms with Crippen molar-refractivity contribution in [2.24, 2.45) is 21.7 Å². The van der Waals surface area contributed by atoms with Crippen LogP contribution in [0.2, 0.25) is 51.4 Å². The number of carbonyl (C=O) groups excluding carboxylic acids is 6. The van der Waals surface area contributed by atoms with Gasteiger partial charge >= 0.3 is 32.6 Å². The Labute approximate surface area is 445 Å². The van der Waals surface area contributed by atoms with Crippen molar-refractivity contribution in [2.75, 3.05) is 59.9 Å². The van der Waals surface area contributed by atoms with Gasteiger partial charge < -0.3 is 52.6 Å². The quantitative estimate of drug-likeness (QED) is 0.0219. The molecule has 2 fully saturated rings. The average molecular weight is 1090 g/mol. The van der Waals surface area contributed by atoms with E-state index >= 15 is 0 Å². The molecule has 2 aliphatic carbocycles. The van der Waals surface area contributed by atoms with Gasteiger partial charge in [0.2, 0.25) is 11.8 Å². The van der Waals surface area contributed by atoms with Gasteiger partial charge in [-0.2, -0.15) is 0 Å². The molecule has 3 N–H and O–H groups in total. The lowest BCUT2D eigenvalue weighted by Gasteiger charge is -2.47. The molecule has 4 atom stereocenters. The van der Waals surface area contributed by atoms with Crippen LogP contribution in [0.1, 0.15) is 135 Å². The van der Waals surface area contributed by atoms with Crippen LogP contribution in [0, 0.1) is 21.7 Å². The number of alkyl carbamates (subject to hydrolysis) is 1. The van der Waals surface area contributed by atoms with E-state index in [4.69, 9.17) is 36.7 Å². The summed E-state index contributed by atoms with van der Waals surface area (Å²) < 4.78 is 44.1. The molecule has 0 heterocycles. The number of carbonyl (C=O) groups is 6. The van der Waals surface area contributed by atoms with Crippen LogP contribution >= 0.6 is 0 Å². The van der Waals surface area contributed by atoms with Gasteiger partial charge in [0, 0.05) is 62.9 Å². The second-order valence-electron chi connectivity index (χ2n) is 23.8. The van der Waals surface area contributed by atoms with Gasteiger partial charge in [0.15, 0.2) is 16.6 Å². The summed E-state index contributed by atoms with van der Waals surface area (Å²) >= 11 is 0. The van der Waals surface area contributed by atoms with Crippen molar-refractivity contribution in [3.05, 3.63) is 24.3 Å². The van der Waals surface area contributed by atoms with Gasteiger partial charge in [-0.25, -0.2) is 14.4 Å². The van der Waals surface area contributed by atoms with Gasteiger partial charge in [-0.3, -0.25) is 14.4 Å². The third-order valence-electron chi connectivity index (χ3n) is 12.2. The number of ether oxygens (including phenoxy) is 6. The van der Waals surface area contributed by atoms with Crippen LogP contribution < -0.4 is 16.0 Å². The number of nitrogens with one attached hydrogen (secondary N) is 3. The Balaban J connectivity index is 0. The number of hydrogen-bond donors (Lipinski definition) is 3. The molecule has 0 bridgehead atoms. The molecule has 0 saturated heterocycles. The van der Waals surface area contributed by atoms with E-state index in [-0.39, 0.29) is 92.8 Å². The highest BCUT2D eigenvalue weighted by Gasteiger charge is 2.45. The van der Waals surface area contributed by atoms with E-state index in [0.29, 0.717) is 56.4 Å². The molecule has 0 spiro atoms. The van der Waals surface area contributed by atoms with Crippen LogP contribution in [-0.4, -0.2) is 133 Å². The third-order valence-corrected chi connectivity index (χ3v) is 23.3. The molecule has 2 saturated carbocycles. The molecule has 2 aliphatic rings. The number of hydrogen-bond acceptors (Lipinski definition) is 14. The first-order valence-corrected chi connectivity index (χ1v) is 34.3. The van der Waals surface area contributed by atoms with Gasteiger partial charge in [-0.1, -0.05) is 69.6 Å². The second kappa shape index (κ2) is 32.2. The fourth-order valence-corrected chi connectivity index (χ4v) is 24.4. The lowest BCUT2D eigenvalue weighted by Crippen LogP contribution is -2.54. The highest BCUT2D eigenvalue weighted by molar-refractivity contribution is 6.88. The van der Waals surface area contributed by atoms with Crippen molar-refractivity contribution < 1.29 is 65.4 Å². The third kappa shape index (κ3) is 32.6. The van der Waals surface area contributed by atoms with Crippen LogP contribution in [0.3, 0.4) is 0 Å². The normalized spacial score (nSPS) is 21.2. The predicted octanol–water partition coefficient (Wildman–Crippen LogP) is 10.2. The number of methoxy groups -OCH3 is 1. The van der Waals surface area contributed by atoms with E-state index in [1.54, 1.807) is 21.0 Å². The maximum atomic E-state index is 13.3. The molecule has 20 heteroatoms. The van der Waals surface area contributed by atoms with E-state index in [2.05, 4.69) is 110 Å². The molecular formula is C53H103N3O14Si3. The zero-order valence-electron chi connectivity index (χ0n) is 46.7. The molecule has 426 valence electrons. The predicted molar refractivity (Wildman–Crippen MR) is 297 cm³/mol. The molecule has 4 unspecified atom stereocenters. The molecule has 73 heavy (non-hydrogen) atoms. The number of rotatable bonds is 28. The van der Waals surface area contributed by atoms with Gasteiger partial charge in [0.1, 0.15) is 26.4 Å². The molecule has 17 nitrogen and oxygen atoms in total. The molecule has 2 rings (SSSR count).